The summed E-state index contributed by atoms with van der Waals surface area (Å²) < 4.78 is 0. The van der Waals surface area contributed by atoms with Crippen LogP contribution < -0.4 is 10.2 Å². The van der Waals surface area contributed by atoms with Gasteiger partial charge in [0.1, 0.15) is 5.69 Å². The highest BCUT2D eigenvalue weighted by atomic mass is 16.2. The molecule has 2 heterocycles. The molecule has 0 saturated heterocycles. The fourth-order valence-corrected chi connectivity index (χ4v) is 3.37. The van der Waals surface area contributed by atoms with E-state index in [1.54, 1.807) is 12.3 Å². The van der Waals surface area contributed by atoms with E-state index in [0.29, 0.717) is 18.2 Å². The lowest BCUT2D eigenvalue weighted by Crippen LogP contribution is -2.36. The van der Waals surface area contributed by atoms with E-state index < -0.39 is 0 Å². The van der Waals surface area contributed by atoms with Gasteiger partial charge in [0.15, 0.2) is 0 Å². The molecule has 1 N–H and O–H groups in total. The highest BCUT2D eigenvalue weighted by Gasteiger charge is 2.24. The second-order valence-corrected chi connectivity index (χ2v) is 6.63. The Bertz CT molecular complexity index is 953. The third kappa shape index (κ3) is 3.67. The maximum atomic E-state index is 13.1. The molecule has 3 aromatic rings. The molecular formula is C22H22N4O. The number of amides is 1. The Morgan fingerprint density at radius 2 is 1.93 bits per heavy atom. The zero-order chi connectivity index (χ0) is 18.6. The summed E-state index contributed by atoms with van der Waals surface area (Å²) in [6, 6.07) is 17.9. The molecule has 27 heavy (non-hydrogen) atoms. The first kappa shape index (κ1) is 17.2. The fourth-order valence-electron chi connectivity index (χ4n) is 3.37. The molecule has 2 aromatic carbocycles. The number of nitrogens with zero attached hydrogens (tertiary/aromatic N) is 3. The molecule has 0 fully saturated rings. The molecule has 0 saturated carbocycles. The number of benzene rings is 2. The molecule has 1 aromatic heterocycles. The lowest BCUT2D eigenvalue weighted by atomic mass is 10.0. The van der Waals surface area contributed by atoms with Crippen LogP contribution in [0.25, 0.3) is 0 Å². The molecule has 0 unspecified atom stereocenters. The molecule has 0 spiro atoms. The SMILES string of the molecule is CCc1ccc(Nc2nccc(C(=O)N3CCCc4ccccc43)n2)cc1. The summed E-state index contributed by atoms with van der Waals surface area (Å²) in [5.41, 5.74) is 4.77. The van der Waals surface area contributed by atoms with Crippen LogP contribution in [0.4, 0.5) is 17.3 Å². The van der Waals surface area contributed by atoms with E-state index in [0.717, 1.165) is 30.6 Å². The summed E-state index contributed by atoms with van der Waals surface area (Å²) in [4.78, 5) is 23.6. The molecule has 0 bridgehead atoms. The Morgan fingerprint density at radius 3 is 2.74 bits per heavy atom. The topological polar surface area (TPSA) is 58.1 Å². The Hall–Kier alpha value is -3.21. The zero-order valence-electron chi connectivity index (χ0n) is 15.4. The van der Waals surface area contributed by atoms with E-state index >= 15 is 0 Å². The highest BCUT2D eigenvalue weighted by molar-refractivity contribution is 6.05. The van der Waals surface area contributed by atoms with Gasteiger partial charge in [-0.05, 0) is 54.7 Å². The van der Waals surface area contributed by atoms with Crippen LogP contribution in [-0.4, -0.2) is 22.4 Å². The highest BCUT2D eigenvalue weighted by Crippen LogP contribution is 2.28. The van der Waals surface area contributed by atoms with Crippen molar-refractivity contribution in [3.63, 3.8) is 0 Å². The van der Waals surface area contributed by atoms with Gasteiger partial charge in [0.05, 0.1) is 0 Å². The van der Waals surface area contributed by atoms with Crippen LogP contribution in [0.1, 0.15) is 35.0 Å². The van der Waals surface area contributed by atoms with Gasteiger partial charge in [0.25, 0.3) is 5.91 Å². The van der Waals surface area contributed by atoms with E-state index in [1.165, 1.54) is 11.1 Å². The third-order valence-corrected chi connectivity index (χ3v) is 4.85. The van der Waals surface area contributed by atoms with E-state index in [1.807, 2.05) is 35.2 Å². The summed E-state index contributed by atoms with van der Waals surface area (Å²) in [5, 5.41) is 3.18. The predicted octanol–water partition coefficient (Wildman–Crippen LogP) is 4.38. The first-order valence-electron chi connectivity index (χ1n) is 9.33. The summed E-state index contributed by atoms with van der Waals surface area (Å²) in [7, 11) is 0. The number of nitrogens with one attached hydrogen (secondary N) is 1. The van der Waals surface area contributed by atoms with Crippen molar-refractivity contribution in [2.75, 3.05) is 16.8 Å². The van der Waals surface area contributed by atoms with E-state index in [9.17, 15) is 4.79 Å². The van der Waals surface area contributed by atoms with Crippen molar-refractivity contribution >= 4 is 23.2 Å². The Balaban J connectivity index is 1.56. The second kappa shape index (κ2) is 7.58. The van der Waals surface area contributed by atoms with Crippen LogP contribution in [-0.2, 0) is 12.8 Å². The van der Waals surface area contributed by atoms with Crippen LogP contribution in [0.3, 0.4) is 0 Å². The van der Waals surface area contributed by atoms with E-state index in [4.69, 9.17) is 0 Å². The van der Waals surface area contributed by atoms with Gasteiger partial charge >= 0.3 is 0 Å². The minimum Gasteiger partial charge on any atom is -0.324 e. The maximum absolute atomic E-state index is 13.1. The Kier molecular flexibility index (Phi) is 4.83. The van der Waals surface area contributed by atoms with Gasteiger partial charge in [0, 0.05) is 24.1 Å². The average Bonchev–Trinajstić information content (AvgIpc) is 2.73. The monoisotopic (exact) mass is 358 g/mol. The van der Waals surface area contributed by atoms with Crippen molar-refractivity contribution in [1.82, 2.24) is 9.97 Å². The summed E-state index contributed by atoms with van der Waals surface area (Å²) in [6.07, 6.45) is 4.59. The number of aryl methyl sites for hydroxylation is 2. The van der Waals surface area contributed by atoms with Crippen molar-refractivity contribution in [2.45, 2.75) is 26.2 Å². The molecule has 0 radical (unpaired) electrons. The Morgan fingerprint density at radius 1 is 1.11 bits per heavy atom. The number of anilines is 3. The number of rotatable bonds is 4. The maximum Gasteiger partial charge on any atom is 0.277 e. The van der Waals surface area contributed by atoms with Crippen LogP contribution in [0.2, 0.25) is 0 Å². The fraction of sp³-hybridized carbons (Fsp3) is 0.227. The zero-order valence-corrected chi connectivity index (χ0v) is 15.4. The van der Waals surface area contributed by atoms with Gasteiger partial charge in [0.2, 0.25) is 5.95 Å². The van der Waals surface area contributed by atoms with Crippen molar-refractivity contribution in [1.29, 1.82) is 0 Å². The van der Waals surface area contributed by atoms with Crippen molar-refractivity contribution in [3.05, 3.63) is 77.6 Å². The number of carbonyl (C=O) groups excluding carboxylic acids is 1. The van der Waals surface area contributed by atoms with Gasteiger partial charge in [-0.25, -0.2) is 9.97 Å². The molecule has 5 nitrogen and oxygen atoms in total. The lowest BCUT2D eigenvalue weighted by molar-refractivity contribution is 0.0980. The Labute approximate surface area is 159 Å². The molecule has 1 aliphatic heterocycles. The van der Waals surface area contributed by atoms with Crippen LogP contribution in [0.5, 0.6) is 0 Å². The molecule has 0 atom stereocenters. The van der Waals surface area contributed by atoms with Crippen molar-refractivity contribution in [3.8, 4) is 0 Å². The summed E-state index contributed by atoms with van der Waals surface area (Å²) in [6.45, 7) is 2.83. The molecule has 136 valence electrons. The van der Waals surface area contributed by atoms with Gasteiger partial charge < -0.3 is 10.2 Å². The largest absolute Gasteiger partial charge is 0.324 e. The van der Waals surface area contributed by atoms with Gasteiger partial charge in [-0.3, -0.25) is 4.79 Å². The van der Waals surface area contributed by atoms with Crippen molar-refractivity contribution < 1.29 is 4.79 Å². The standard InChI is InChI=1S/C22H22N4O/c1-2-16-9-11-18(12-10-16)24-22-23-14-13-19(25-22)21(27)26-15-5-7-17-6-3-4-8-20(17)26/h3-4,6,8-14H,2,5,7,15H2,1H3,(H,23,24,25). The lowest BCUT2D eigenvalue weighted by Gasteiger charge is -2.29. The number of hydrogen-bond donors (Lipinski definition) is 1. The van der Waals surface area contributed by atoms with Gasteiger partial charge in [-0.1, -0.05) is 37.3 Å². The smallest absolute Gasteiger partial charge is 0.277 e. The number of hydrogen-bond acceptors (Lipinski definition) is 4. The predicted molar refractivity (Wildman–Crippen MR) is 108 cm³/mol. The molecule has 1 aliphatic rings. The van der Waals surface area contributed by atoms with Crippen molar-refractivity contribution in [2.24, 2.45) is 0 Å². The summed E-state index contributed by atoms with van der Waals surface area (Å²) in [5.74, 6) is 0.337. The number of carbonyl (C=O) groups is 1. The van der Waals surface area contributed by atoms with Crippen LogP contribution >= 0.6 is 0 Å². The minimum atomic E-state index is -0.0890. The molecule has 5 heteroatoms. The molecule has 1 amide bonds. The molecule has 4 rings (SSSR count). The normalized spacial score (nSPS) is 13.1. The molecular weight excluding hydrogens is 336 g/mol. The first-order valence-corrected chi connectivity index (χ1v) is 9.33. The number of para-hydroxylation sites is 1. The third-order valence-electron chi connectivity index (χ3n) is 4.85. The van der Waals surface area contributed by atoms with E-state index in [2.05, 4.69) is 40.4 Å². The van der Waals surface area contributed by atoms with Crippen LogP contribution in [0, 0.1) is 0 Å². The number of aromatic nitrogens is 2. The van der Waals surface area contributed by atoms with Gasteiger partial charge in [-0.2, -0.15) is 0 Å². The van der Waals surface area contributed by atoms with E-state index in [-0.39, 0.29) is 5.91 Å². The molecule has 0 aliphatic carbocycles. The number of fused-ring (bicyclic) bond motifs is 1. The summed E-state index contributed by atoms with van der Waals surface area (Å²) >= 11 is 0. The average molecular weight is 358 g/mol. The van der Waals surface area contributed by atoms with Crippen LogP contribution in [0.15, 0.2) is 60.8 Å². The first-order chi connectivity index (χ1) is 13.2. The quantitative estimate of drug-likeness (QED) is 0.752. The van der Waals surface area contributed by atoms with Gasteiger partial charge in [-0.15, -0.1) is 0 Å². The second-order valence-electron chi connectivity index (χ2n) is 6.63. The minimum absolute atomic E-state index is 0.0890.